The van der Waals surface area contributed by atoms with E-state index in [9.17, 15) is 0 Å². The molecule has 0 fully saturated rings. The molecule has 63 heavy (non-hydrogen) atoms. The summed E-state index contributed by atoms with van der Waals surface area (Å²) in [5, 5.41) is 2.72. The Morgan fingerprint density at radius 3 is 0.429 bits per heavy atom. The molecule has 7 aromatic rings. The van der Waals surface area contributed by atoms with Gasteiger partial charge in [-0.3, -0.25) is 0 Å². The van der Waals surface area contributed by atoms with E-state index in [4.69, 9.17) is 0 Å². The molecule has 7 aromatic carbocycles. The second-order valence-electron chi connectivity index (χ2n) is 15.6. The molecule has 0 saturated heterocycles. The van der Waals surface area contributed by atoms with Crippen LogP contribution in [-0.4, -0.2) is 0 Å². The first-order valence-electron chi connectivity index (χ1n) is 21.0. The molecule has 0 unspecified atom stereocenters. The molecular weight excluding hydrogens is 929 g/mol. The summed E-state index contributed by atoms with van der Waals surface area (Å²) in [6.45, 7) is 38.3. The van der Waals surface area contributed by atoms with Crippen molar-refractivity contribution in [3.05, 3.63) is 237 Å². The van der Waals surface area contributed by atoms with Gasteiger partial charge in [0.15, 0.2) is 0 Å². The predicted octanol–water partition coefficient (Wildman–Crippen LogP) is 19.4. The van der Waals surface area contributed by atoms with Gasteiger partial charge in [-0.15, -0.1) is 0 Å². The summed E-state index contributed by atoms with van der Waals surface area (Å²) in [5.74, 6) is 0. The number of hydrogen-bond acceptors (Lipinski definition) is 0. The van der Waals surface area contributed by atoms with E-state index >= 15 is 0 Å². The maximum atomic E-state index is 2.27. The first-order chi connectivity index (χ1) is 27.4. The standard InChI is InChI=1S/C14H16.C10H14.4C8H10.C2H6.2CH4.2CH3.W/c1-9-5-13-7-11(3)12(4)8-14(13)6-10(9)2;1-7-5-9(3)10(4)6-8(7)2;4*1-7-5-3-4-6-8(7)2;1-2;;;;;/h5-8H,1-4H3;5-6H,1-4H3;4*3-6H,1-2H3;1-2H3;2*1H4;2*1H3;/q;;;;;;;;;2*-1;+2. The molecule has 0 bridgehead atoms. The molecule has 0 aliphatic rings. The molecule has 0 amide bonds. The van der Waals surface area contributed by atoms with Gasteiger partial charge in [0.1, 0.15) is 0 Å². The fourth-order valence-electron chi connectivity index (χ4n) is 5.56. The van der Waals surface area contributed by atoms with Crippen LogP contribution >= 0.6 is 0 Å². The first kappa shape index (κ1) is 67.6. The minimum Gasteiger partial charge on any atom is -0.358 e. The summed E-state index contributed by atoms with van der Waals surface area (Å²) in [7, 11) is 0. The monoisotopic (exact) mass is 1020 g/mol. The van der Waals surface area contributed by atoms with Crippen LogP contribution in [0.2, 0.25) is 0 Å². The molecule has 7 rings (SSSR count). The summed E-state index contributed by atoms with van der Waals surface area (Å²) >= 11 is 0. The normalized spacial score (nSPS) is 8.79. The van der Waals surface area contributed by atoms with Gasteiger partial charge in [-0.1, -0.05) is 162 Å². The molecular formula is C62H90W. The first-order valence-corrected chi connectivity index (χ1v) is 21.0. The van der Waals surface area contributed by atoms with Gasteiger partial charge in [-0.05, 0) is 211 Å². The summed E-state index contributed by atoms with van der Waals surface area (Å²) in [4.78, 5) is 0. The van der Waals surface area contributed by atoms with Gasteiger partial charge in [0.25, 0.3) is 0 Å². The van der Waals surface area contributed by atoms with E-state index in [1.807, 2.05) is 13.8 Å². The maximum Gasteiger partial charge on any atom is 2.00 e. The van der Waals surface area contributed by atoms with E-state index in [1.54, 1.807) is 0 Å². The molecule has 0 aromatic heterocycles. The van der Waals surface area contributed by atoms with Crippen molar-refractivity contribution >= 4 is 10.8 Å². The Balaban J connectivity index is -0.000000211. The Hall–Kier alpha value is -4.51. The van der Waals surface area contributed by atoms with E-state index in [1.165, 1.54) is 99.8 Å². The van der Waals surface area contributed by atoms with Crippen LogP contribution in [-0.2, 0) is 21.1 Å². The van der Waals surface area contributed by atoms with Gasteiger partial charge in [0.2, 0.25) is 0 Å². The number of benzene rings is 7. The van der Waals surface area contributed by atoms with Gasteiger partial charge in [0, 0.05) is 0 Å². The molecule has 0 radical (unpaired) electrons. The molecule has 1 heteroatoms. The Morgan fingerprint density at radius 2 is 0.317 bits per heavy atom. The quantitative estimate of drug-likeness (QED) is 0.133. The fourth-order valence-corrected chi connectivity index (χ4v) is 5.56. The number of aryl methyl sites for hydroxylation is 16. The number of fused-ring (bicyclic) bond motifs is 1. The van der Waals surface area contributed by atoms with Crippen LogP contribution in [0.15, 0.2) is 133 Å². The molecule has 0 aliphatic carbocycles. The van der Waals surface area contributed by atoms with E-state index in [-0.39, 0.29) is 50.8 Å². The number of rotatable bonds is 0. The van der Waals surface area contributed by atoms with Gasteiger partial charge in [-0.25, -0.2) is 0 Å². The Bertz CT molecular complexity index is 1870. The zero-order valence-electron chi connectivity index (χ0n) is 42.1. The maximum absolute atomic E-state index is 2.27. The van der Waals surface area contributed by atoms with Crippen molar-refractivity contribution in [3.8, 4) is 0 Å². The zero-order chi connectivity index (χ0) is 43.9. The van der Waals surface area contributed by atoms with Gasteiger partial charge >= 0.3 is 21.1 Å². The van der Waals surface area contributed by atoms with Crippen molar-refractivity contribution in [3.63, 3.8) is 0 Å². The molecule has 0 N–H and O–H groups in total. The SMILES string of the molecule is C.C.CC.Cc1cc(C)c(C)cc1C.Cc1cc2cc(C)c(C)cc2cc1C.Cc1ccccc1C.Cc1ccccc1C.Cc1ccccc1C.Cc1ccccc1C.[CH3-].[CH3-].[W+2]. The summed E-state index contributed by atoms with van der Waals surface area (Å²) in [6, 6.07) is 47.0. The van der Waals surface area contributed by atoms with E-state index < -0.39 is 0 Å². The average molecular weight is 1020 g/mol. The van der Waals surface area contributed by atoms with Crippen molar-refractivity contribution in [2.75, 3.05) is 0 Å². The van der Waals surface area contributed by atoms with E-state index in [0.29, 0.717) is 0 Å². The predicted molar refractivity (Wildman–Crippen MR) is 290 cm³/mol. The van der Waals surface area contributed by atoms with Crippen LogP contribution in [0.4, 0.5) is 0 Å². The molecule has 344 valence electrons. The third-order valence-electron chi connectivity index (χ3n) is 10.9. The van der Waals surface area contributed by atoms with Crippen molar-refractivity contribution in [1.29, 1.82) is 0 Å². The van der Waals surface area contributed by atoms with Crippen LogP contribution in [0.5, 0.6) is 0 Å². The molecule has 0 atom stereocenters. The molecule has 0 heterocycles. The van der Waals surface area contributed by atoms with Crippen molar-refractivity contribution in [2.45, 2.75) is 139 Å². The average Bonchev–Trinajstić information content (AvgIpc) is 3.19. The zero-order valence-corrected chi connectivity index (χ0v) is 45.0. The van der Waals surface area contributed by atoms with E-state index in [0.717, 1.165) is 0 Å². The second-order valence-corrected chi connectivity index (χ2v) is 15.6. The largest absolute Gasteiger partial charge is 2.00 e. The molecule has 0 spiro atoms. The fraction of sp³-hybridized carbons (Fsp3) is 0.323. The Labute approximate surface area is 406 Å². The van der Waals surface area contributed by atoms with Crippen molar-refractivity contribution in [2.24, 2.45) is 0 Å². The minimum atomic E-state index is 0. The van der Waals surface area contributed by atoms with Crippen LogP contribution < -0.4 is 0 Å². The van der Waals surface area contributed by atoms with Gasteiger partial charge < -0.3 is 14.9 Å². The van der Waals surface area contributed by atoms with Crippen LogP contribution in [0, 0.1) is 126 Å². The molecule has 0 aliphatic heterocycles. The topological polar surface area (TPSA) is 0 Å². The van der Waals surface area contributed by atoms with Gasteiger partial charge in [-0.2, -0.15) is 0 Å². The Morgan fingerprint density at radius 1 is 0.206 bits per heavy atom. The van der Waals surface area contributed by atoms with E-state index in [2.05, 4.69) is 244 Å². The molecule has 0 nitrogen and oxygen atoms in total. The third-order valence-corrected chi connectivity index (χ3v) is 10.9. The summed E-state index contributed by atoms with van der Waals surface area (Å²) in [5.41, 5.74) is 22.0. The number of hydrogen-bond donors (Lipinski definition) is 0. The minimum absolute atomic E-state index is 0. The van der Waals surface area contributed by atoms with Crippen LogP contribution in [0.1, 0.15) is 118 Å². The van der Waals surface area contributed by atoms with Crippen LogP contribution in [0.25, 0.3) is 10.8 Å². The summed E-state index contributed by atoms with van der Waals surface area (Å²) in [6.07, 6.45) is 0. The third kappa shape index (κ3) is 25.4. The smallest absolute Gasteiger partial charge is 0.358 e. The second kappa shape index (κ2) is 35.9. The van der Waals surface area contributed by atoms with Crippen molar-refractivity contribution < 1.29 is 21.1 Å². The van der Waals surface area contributed by atoms with Crippen LogP contribution in [0.3, 0.4) is 0 Å². The van der Waals surface area contributed by atoms with Crippen molar-refractivity contribution in [1.82, 2.24) is 0 Å². The molecule has 0 saturated carbocycles. The van der Waals surface area contributed by atoms with Gasteiger partial charge in [0.05, 0.1) is 0 Å². The Kier molecular flexibility index (Phi) is 38.5. The summed E-state index contributed by atoms with van der Waals surface area (Å²) < 4.78 is 0.